The van der Waals surface area contributed by atoms with Gasteiger partial charge in [-0.25, -0.2) is 4.98 Å². The number of oxazole rings is 1. The van der Waals surface area contributed by atoms with E-state index >= 15 is 0 Å². The summed E-state index contributed by atoms with van der Waals surface area (Å²) >= 11 is 1.81. The molecule has 0 amide bonds. The van der Waals surface area contributed by atoms with Crippen molar-refractivity contribution in [2.45, 2.75) is 63.0 Å². The van der Waals surface area contributed by atoms with E-state index in [-0.39, 0.29) is 0 Å². The number of aryl methyl sites for hydroxylation is 1. The normalized spacial score (nSPS) is 28.5. The van der Waals surface area contributed by atoms with Gasteiger partial charge >= 0.3 is 0 Å². The summed E-state index contributed by atoms with van der Waals surface area (Å²) in [6.45, 7) is 7.51. The second-order valence-corrected chi connectivity index (χ2v) is 6.35. The van der Waals surface area contributed by atoms with Gasteiger partial charge in [-0.1, -0.05) is 32.0 Å². The Hall–Kier alpha value is -0.480. The molecule has 1 aromatic heterocycles. The number of thioether (sulfide) groups is 1. The van der Waals surface area contributed by atoms with Crippen molar-refractivity contribution < 1.29 is 4.42 Å². The van der Waals surface area contributed by atoms with E-state index in [1.165, 1.54) is 25.7 Å². The van der Waals surface area contributed by atoms with E-state index in [2.05, 4.69) is 24.1 Å². The number of nitrogens with one attached hydrogen (secondary N) is 1. The molecule has 0 bridgehead atoms. The van der Waals surface area contributed by atoms with Crippen molar-refractivity contribution in [2.24, 2.45) is 5.92 Å². The molecule has 0 spiro atoms. The Kier molecular flexibility index (Phi) is 5.13. The third-order valence-electron chi connectivity index (χ3n) is 3.79. The molecule has 3 unspecified atom stereocenters. The Morgan fingerprint density at radius 2 is 2.28 bits per heavy atom. The lowest BCUT2D eigenvalue weighted by molar-refractivity contribution is 0.296. The van der Waals surface area contributed by atoms with Gasteiger partial charge in [0, 0.05) is 11.3 Å². The molecule has 4 heteroatoms. The van der Waals surface area contributed by atoms with E-state index in [1.807, 2.05) is 18.7 Å². The molecular weight excluding hydrogens is 244 g/mol. The Morgan fingerprint density at radius 1 is 1.44 bits per heavy atom. The molecule has 3 nitrogen and oxygen atoms in total. The molecule has 1 aromatic rings. The minimum Gasteiger partial charge on any atom is -0.440 e. The van der Waals surface area contributed by atoms with E-state index in [0.29, 0.717) is 11.3 Å². The average molecular weight is 268 g/mol. The number of nitrogens with zero attached hydrogens (tertiary/aromatic N) is 1. The molecule has 0 aliphatic heterocycles. The smallest absolute Gasteiger partial charge is 0.256 e. The molecule has 1 aliphatic carbocycles. The summed E-state index contributed by atoms with van der Waals surface area (Å²) in [4.78, 5) is 4.42. The Balaban J connectivity index is 2.00. The van der Waals surface area contributed by atoms with Gasteiger partial charge in [0.25, 0.3) is 5.22 Å². The van der Waals surface area contributed by atoms with Crippen molar-refractivity contribution in [2.75, 3.05) is 6.54 Å². The minimum absolute atomic E-state index is 0.599. The first kappa shape index (κ1) is 13.9. The van der Waals surface area contributed by atoms with Crippen LogP contribution in [0.2, 0.25) is 0 Å². The largest absolute Gasteiger partial charge is 0.440 e. The fraction of sp³-hybridized carbons (Fsp3) is 0.786. The van der Waals surface area contributed by atoms with Crippen LogP contribution in [0.1, 0.15) is 45.2 Å². The van der Waals surface area contributed by atoms with Crippen LogP contribution in [0.15, 0.2) is 15.9 Å². The van der Waals surface area contributed by atoms with Gasteiger partial charge in [0.05, 0.1) is 5.69 Å². The van der Waals surface area contributed by atoms with Gasteiger partial charge in [-0.3, -0.25) is 0 Å². The molecule has 1 aliphatic rings. The highest BCUT2D eigenvalue weighted by molar-refractivity contribution is 7.99. The lowest BCUT2D eigenvalue weighted by Crippen LogP contribution is -2.42. The summed E-state index contributed by atoms with van der Waals surface area (Å²) < 4.78 is 5.49. The molecule has 0 saturated heterocycles. The number of rotatable bonds is 5. The maximum absolute atomic E-state index is 5.49. The SMILES string of the molecule is CCNC1CCC(CC)CC1Sc1nc(C)co1. The summed E-state index contributed by atoms with van der Waals surface area (Å²) in [5.41, 5.74) is 0.973. The first-order valence-corrected chi connectivity index (χ1v) is 7.93. The fourth-order valence-electron chi connectivity index (χ4n) is 2.72. The van der Waals surface area contributed by atoms with Crippen LogP contribution >= 0.6 is 11.8 Å². The van der Waals surface area contributed by atoms with Crippen LogP contribution in [-0.4, -0.2) is 22.8 Å². The van der Waals surface area contributed by atoms with Crippen LogP contribution in [0.25, 0.3) is 0 Å². The lowest BCUT2D eigenvalue weighted by Gasteiger charge is -2.35. The van der Waals surface area contributed by atoms with Crippen molar-refractivity contribution in [1.29, 1.82) is 0 Å². The molecule has 1 heterocycles. The topological polar surface area (TPSA) is 38.1 Å². The van der Waals surface area contributed by atoms with Crippen LogP contribution in [-0.2, 0) is 0 Å². The standard InChI is InChI=1S/C14H24N2OS/c1-4-11-6-7-12(15-5-2)13(8-11)18-14-16-10(3)9-17-14/h9,11-13,15H,4-8H2,1-3H3. The third kappa shape index (κ3) is 3.51. The molecule has 3 atom stereocenters. The van der Waals surface area contributed by atoms with Crippen molar-refractivity contribution in [3.05, 3.63) is 12.0 Å². The van der Waals surface area contributed by atoms with Crippen LogP contribution in [0, 0.1) is 12.8 Å². The zero-order chi connectivity index (χ0) is 13.0. The van der Waals surface area contributed by atoms with Gasteiger partial charge in [0.1, 0.15) is 6.26 Å². The summed E-state index contributed by atoms with van der Waals surface area (Å²) in [5, 5.41) is 5.05. The fourth-order valence-corrected chi connectivity index (χ4v) is 4.05. The molecule has 0 radical (unpaired) electrons. The van der Waals surface area contributed by atoms with E-state index in [4.69, 9.17) is 4.42 Å². The minimum atomic E-state index is 0.599. The van der Waals surface area contributed by atoms with Crippen LogP contribution in [0.5, 0.6) is 0 Å². The summed E-state index contributed by atoms with van der Waals surface area (Å²) in [7, 11) is 0. The molecular formula is C14H24N2OS. The highest BCUT2D eigenvalue weighted by atomic mass is 32.2. The highest BCUT2D eigenvalue weighted by Gasteiger charge is 2.31. The number of hydrogen-bond donors (Lipinski definition) is 1. The van der Waals surface area contributed by atoms with Gasteiger partial charge in [0.2, 0.25) is 0 Å². The zero-order valence-electron chi connectivity index (χ0n) is 11.6. The molecule has 1 fully saturated rings. The van der Waals surface area contributed by atoms with Crippen LogP contribution < -0.4 is 5.32 Å². The lowest BCUT2D eigenvalue weighted by atomic mass is 9.84. The maximum atomic E-state index is 5.49. The number of aromatic nitrogens is 1. The Bertz CT molecular complexity index is 366. The van der Waals surface area contributed by atoms with Crippen molar-refractivity contribution >= 4 is 11.8 Å². The van der Waals surface area contributed by atoms with Crippen molar-refractivity contribution in [3.8, 4) is 0 Å². The van der Waals surface area contributed by atoms with Gasteiger partial charge < -0.3 is 9.73 Å². The molecule has 18 heavy (non-hydrogen) atoms. The predicted molar refractivity (Wildman–Crippen MR) is 76.0 cm³/mol. The molecule has 1 N–H and O–H groups in total. The molecule has 0 aromatic carbocycles. The van der Waals surface area contributed by atoms with E-state index in [9.17, 15) is 0 Å². The maximum Gasteiger partial charge on any atom is 0.256 e. The predicted octanol–water partition coefficient (Wildman–Crippen LogP) is 3.63. The summed E-state index contributed by atoms with van der Waals surface area (Å²) in [6.07, 6.45) is 6.95. The average Bonchev–Trinajstić information content (AvgIpc) is 2.77. The zero-order valence-corrected chi connectivity index (χ0v) is 12.4. The first-order chi connectivity index (χ1) is 8.72. The summed E-state index contributed by atoms with van der Waals surface area (Å²) in [5.74, 6) is 0.869. The van der Waals surface area contributed by atoms with Gasteiger partial charge in [-0.2, -0.15) is 0 Å². The quantitative estimate of drug-likeness (QED) is 0.885. The van der Waals surface area contributed by atoms with Gasteiger partial charge in [0.15, 0.2) is 0 Å². The highest BCUT2D eigenvalue weighted by Crippen LogP contribution is 2.37. The van der Waals surface area contributed by atoms with E-state index in [0.717, 1.165) is 23.4 Å². The molecule has 102 valence electrons. The second kappa shape index (κ2) is 6.62. The number of hydrogen-bond acceptors (Lipinski definition) is 4. The molecule has 2 rings (SSSR count). The monoisotopic (exact) mass is 268 g/mol. The van der Waals surface area contributed by atoms with Crippen LogP contribution in [0.3, 0.4) is 0 Å². The van der Waals surface area contributed by atoms with Gasteiger partial charge in [-0.15, -0.1) is 0 Å². The first-order valence-electron chi connectivity index (χ1n) is 7.05. The third-order valence-corrected chi connectivity index (χ3v) is 5.01. The molecule has 1 saturated carbocycles. The summed E-state index contributed by atoms with van der Waals surface area (Å²) in [6, 6.07) is 0.606. The van der Waals surface area contributed by atoms with E-state index < -0.39 is 0 Å². The van der Waals surface area contributed by atoms with Crippen molar-refractivity contribution in [1.82, 2.24) is 10.3 Å². The van der Waals surface area contributed by atoms with E-state index in [1.54, 1.807) is 6.26 Å². The Labute approximate surface area is 114 Å². The van der Waals surface area contributed by atoms with Gasteiger partial charge in [-0.05, 0) is 38.6 Å². The van der Waals surface area contributed by atoms with Crippen LogP contribution in [0.4, 0.5) is 0 Å². The Morgan fingerprint density at radius 3 is 2.89 bits per heavy atom. The second-order valence-electron chi connectivity index (χ2n) is 5.16. The van der Waals surface area contributed by atoms with Crippen molar-refractivity contribution in [3.63, 3.8) is 0 Å².